The minimum atomic E-state index is -4.29. The summed E-state index contributed by atoms with van der Waals surface area (Å²) in [4.78, 5) is 30.0. The van der Waals surface area contributed by atoms with E-state index >= 15 is 0 Å². The first kappa shape index (κ1) is 33.5. The minimum absolute atomic E-state index is 0.00313. The van der Waals surface area contributed by atoms with E-state index in [1.807, 2.05) is 36.6 Å². The van der Waals surface area contributed by atoms with Crippen LogP contribution in [0.4, 0.5) is 10.1 Å². The number of nitrogens with zero attached hydrogens (tertiary/aromatic N) is 2. The Morgan fingerprint density at radius 3 is 2.16 bits per heavy atom. The average Bonchev–Trinajstić information content (AvgIpc) is 3.06. The van der Waals surface area contributed by atoms with Gasteiger partial charge in [-0.05, 0) is 72.8 Å². The third-order valence-electron chi connectivity index (χ3n) is 7.14. The van der Waals surface area contributed by atoms with Crippen LogP contribution in [0.3, 0.4) is 0 Å². The monoisotopic (exact) mass is 649 g/mol. The average molecular weight is 650 g/mol. The minimum Gasteiger partial charge on any atom is -0.492 e. The summed E-state index contributed by atoms with van der Waals surface area (Å²) in [6, 6.07) is 26.9. The van der Waals surface area contributed by atoms with Crippen molar-refractivity contribution in [3.05, 3.63) is 120 Å². The molecule has 1 unspecified atom stereocenters. The number of hydrogen-bond acceptors (Lipinski definition) is 6. The molecule has 1 atom stereocenters. The normalized spacial score (nSPS) is 11.8. The molecule has 0 heterocycles. The summed E-state index contributed by atoms with van der Waals surface area (Å²) >= 11 is 1.48. The van der Waals surface area contributed by atoms with Crippen LogP contribution in [0.1, 0.15) is 18.1 Å². The van der Waals surface area contributed by atoms with E-state index in [1.165, 1.54) is 60.1 Å². The van der Waals surface area contributed by atoms with Crippen molar-refractivity contribution in [3.8, 4) is 5.75 Å². The first-order valence-corrected chi connectivity index (χ1v) is 17.0. The number of likely N-dealkylation sites (N-methyl/N-ethyl adjacent to an activating group) is 1. The number of hydrogen-bond donors (Lipinski definition) is 1. The molecule has 4 aromatic rings. The zero-order valence-corrected chi connectivity index (χ0v) is 27.0. The lowest BCUT2D eigenvalue weighted by Crippen LogP contribution is -2.53. The van der Waals surface area contributed by atoms with Crippen molar-refractivity contribution < 1.29 is 27.1 Å². The number of para-hydroxylation sites is 2. The number of rotatable bonds is 14. The van der Waals surface area contributed by atoms with E-state index in [4.69, 9.17) is 4.74 Å². The molecule has 0 saturated heterocycles. The number of ether oxygens (including phenoxy) is 1. The molecular formula is C34H36FN3O5S2. The number of sulfonamides is 1. The van der Waals surface area contributed by atoms with Crippen LogP contribution in [0, 0.1) is 5.82 Å². The van der Waals surface area contributed by atoms with E-state index < -0.39 is 40.2 Å². The van der Waals surface area contributed by atoms with Gasteiger partial charge in [0, 0.05) is 24.9 Å². The predicted molar refractivity (Wildman–Crippen MR) is 175 cm³/mol. The van der Waals surface area contributed by atoms with E-state index in [0.717, 1.165) is 14.8 Å². The SMILES string of the molecule is CCOc1ccccc1N(CC(=O)N(Cc1ccc(F)cc1)C(Cc1ccccc1)C(=O)NC)S(=O)(=O)c1ccc(SC)cc1. The molecule has 0 saturated carbocycles. The molecule has 2 amide bonds. The van der Waals surface area contributed by atoms with Crippen LogP contribution in [-0.4, -0.2) is 57.6 Å². The molecule has 4 aromatic carbocycles. The van der Waals surface area contributed by atoms with Gasteiger partial charge in [0.15, 0.2) is 0 Å². The number of halogens is 1. The molecule has 11 heteroatoms. The lowest BCUT2D eigenvalue weighted by molar-refractivity contribution is -0.139. The molecule has 0 spiro atoms. The van der Waals surface area contributed by atoms with Crippen LogP contribution in [0.15, 0.2) is 113 Å². The highest BCUT2D eigenvalue weighted by Crippen LogP contribution is 2.33. The van der Waals surface area contributed by atoms with Crippen molar-refractivity contribution in [1.29, 1.82) is 0 Å². The Bertz CT molecular complexity index is 1690. The van der Waals surface area contributed by atoms with Gasteiger partial charge in [-0.1, -0.05) is 54.6 Å². The Morgan fingerprint density at radius 1 is 0.889 bits per heavy atom. The number of anilines is 1. The van der Waals surface area contributed by atoms with Gasteiger partial charge >= 0.3 is 0 Å². The Morgan fingerprint density at radius 2 is 1.53 bits per heavy atom. The van der Waals surface area contributed by atoms with Gasteiger partial charge in [0.05, 0.1) is 17.2 Å². The lowest BCUT2D eigenvalue weighted by atomic mass is 10.0. The third-order valence-corrected chi connectivity index (χ3v) is 9.66. The summed E-state index contributed by atoms with van der Waals surface area (Å²) in [5.41, 5.74) is 1.56. The van der Waals surface area contributed by atoms with Crippen LogP contribution in [0.5, 0.6) is 5.75 Å². The van der Waals surface area contributed by atoms with E-state index in [2.05, 4.69) is 5.32 Å². The van der Waals surface area contributed by atoms with Crippen LogP contribution < -0.4 is 14.4 Å². The molecule has 8 nitrogen and oxygen atoms in total. The first-order chi connectivity index (χ1) is 21.7. The maximum atomic E-state index is 14.4. The Labute approximate surface area is 268 Å². The van der Waals surface area contributed by atoms with Crippen LogP contribution in [0.2, 0.25) is 0 Å². The maximum Gasteiger partial charge on any atom is 0.264 e. The molecule has 0 aliphatic heterocycles. The van der Waals surface area contributed by atoms with Gasteiger partial charge in [-0.15, -0.1) is 11.8 Å². The third kappa shape index (κ3) is 8.43. The zero-order valence-electron chi connectivity index (χ0n) is 25.4. The van der Waals surface area contributed by atoms with E-state index in [-0.39, 0.29) is 35.9 Å². The van der Waals surface area contributed by atoms with Gasteiger partial charge in [-0.2, -0.15) is 0 Å². The molecule has 0 aliphatic rings. The molecule has 4 rings (SSSR count). The van der Waals surface area contributed by atoms with Gasteiger partial charge in [-0.3, -0.25) is 13.9 Å². The van der Waals surface area contributed by atoms with Crippen molar-refractivity contribution in [3.63, 3.8) is 0 Å². The molecule has 45 heavy (non-hydrogen) atoms. The van der Waals surface area contributed by atoms with E-state index in [1.54, 1.807) is 43.3 Å². The fourth-order valence-corrected chi connectivity index (χ4v) is 6.67. The van der Waals surface area contributed by atoms with Crippen LogP contribution in [0.25, 0.3) is 0 Å². The second-order valence-corrected chi connectivity index (χ2v) is 12.8. The van der Waals surface area contributed by atoms with E-state index in [9.17, 15) is 22.4 Å². The largest absolute Gasteiger partial charge is 0.492 e. The highest BCUT2D eigenvalue weighted by Gasteiger charge is 2.35. The summed E-state index contributed by atoms with van der Waals surface area (Å²) < 4.78 is 49.1. The second kappa shape index (κ2) is 15.6. The molecule has 1 N–H and O–H groups in total. The molecule has 0 aromatic heterocycles. The number of nitrogens with one attached hydrogen (secondary N) is 1. The van der Waals surface area contributed by atoms with Gasteiger partial charge < -0.3 is 15.0 Å². The van der Waals surface area contributed by atoms with Gasteiger partial charge in [0.1, 0.15) is 24.2 Å². The fraction of sp³-hybridized carbons (Fsp3) is 0.235. The number of carbonyl (C=O) groups is 2. The molecule has 0 fully saturated rings. The van der Waals surface area contributed by atoms with Gasteiger partial charge in [0.2, 0.25) is 11.8 Å². The van der Waals surface area contributed by atoms with Gasteiger partial charge in [0.25, 0.3) is 10.0 Å². The zero-order chi connectivity index (χ0) is 32.4. The molecule has 236 valence electrons. The molecule has 0 bridgehead atoms. The van der Waals surface area contributed by atoms with E-state index in [0.29, 0.717) is 5.56 Å². The molecular weight excluding hydrogens is 614 g/mol. The number of carbonyl (C=O) groups excluding carboxylic acids is 2. The summed E-state index contributed by atoms with van der Waals surface area (Å²) in [5.74, 6) is -1.21. The smallest absolute Gasteiger partial charge is 0.264 e. The number of benzene rings is 4. The van der Waals surface area contributed by atoms with Gasteiger partial charge in [-0.25, -0.2) is 12.8 Å². The second-order valence-electron chi connectivity index (χ2n) is 10.1. The highest BCUT2D eigenvalue weighted by atomic mass is 32.2. The standard InChI is InChI=1S/C34H36FN3O5S2/c1-4-43-32-13-9-8-12-30(32)38(45(41,42)29-20-18-28(44-3)19-21-29)24-33(39)37(23-26-14-16-27(35)17-15-26)31(34(40)36-2)22-25-10-6-5-7-11-25/h5-21,31H,4,22-24H2,1-3H3,(H,36,40). The van der Waals surface area contributed by atoms with Crippen molar-refractivity contribution in [2.24, 2.45) is 0 Å². The summed E-state index contributed by atoms with van der Waals surface area (Å²) in [6.45, 7) is 1.37. The van der Waals surface area contributed by atoms with Crippen molar-refractivity contribution in [1.82, 2.24) is 10.2 Å². The quantitative estimate of drug-likeness (QED) is 0.181. The maximum absolute atomic E-state index is 14.4. The summed E-state index contributed by atoms with van der Waals surface area (Å²) in [7, 11) is -2.81. The van der Waals surface area contributed by atoms with Crippen molar-refractivity contribution >= 4 is 39.3 Å². The Hall–Kier alpha value is -4.35. The number of amides is 2. The summed E-state index contributed by atoms with van der Waals surface area (Å²) in [6.07, 6.45) is 2.06. The topological polar surface area (TPSA) is 96.0 Å². The first-order valence-electron chi connectivity index (χ1n) is 14.4. The lowest BCUT2D eigenvalue weighted by Gasteiger charge is -2.34. The van der Waals surface area contributed by atoms with Crippen LogP contribution >= 0.6 is 11.8 Å². The Kier molecular flexibility index (Phi) is 11.6. The highest BCUT2D eigenvalue weighted by molar-refractivity contribution is 7.98. The number of thioether (sulfide) groups is 1. The van der Waals surface area contributed by atoms with Crippen molar-refractivity contribution in [2.45, 2.75) is 35.7 Å². The molecule has 0 radical (unpaired) electrons. The predicted octanol–water partition coefficient (Wildman–Crippen LogP) is 5.53. The summed E-state index contributed by atoms with van der Waals surface area (Å²) in [5, 5.41) is 2.65. The molecule has 0 aliphatic carbocycles. The fourth-order valence-electron chi connectivity index (χ4n) is 4.84. The Balaban J connectivity index is 1.82. The van der Waals surface area contributed by atoms with Crippen LogP contribution in [-0.2, 0) is 32.6 Å². The van der Waals surface area contributed by atoms with Crippen molar-refractivity contribution in [2.75, 3.05) is 30.8 Å².